The molecule has 0 spiro atoms. The van der Waals surface area contributed by atoms with Gasteiger partial charge in [0, 0.05) is 5.56 Å². The Hall–Kier alpha value is -2.82. The molecule has 23 heavy (non-hydrogen) atoms. The van der Waals surface area contributed by atoms with Crippen LogP contribution in [-0.2, 0) is 11.3 Å². The van der Waals surface area contributed by atoms with E-state index in [9.17, 15) is 14.7 Å². The summed E-state index contributed by atoms with van der Waals surface area (Å²) in [6.45, 7) is 3.35. The molecule has 0 saturated heterocycles. The van der Waals surface area contributed by atoms with Crippen molar-refractivity contribution in [3.05, 3.63) is 59.2 Å². The van der Waals surface area contributed by atoms with Crippen LogP contribution in [0, 0.1) is 0 Å². The number of hydrogen-bond donors (Lipinski definition) is 1. The van der Waals surface area contributed by atoms with Gasteiger partial charge < -0.3 is 14.6 Å². The van der Waals surface area contributed by atoms with Gasteiger partial charge in [-0.2, -0.15) is 0 Å². The number of Topliss-reactive ketones (excluding diaryl/α,β-unsaturated/α-hetero) is 1. The molecule has 0 bridgehead atoms. The summed E-state index contributed by atoms with van der Waals surface area (Å²) in [6, 6.07) is 12.3. The van der Waals surface area contributed by atoms with Crippen LogP contribution < -0.4 is 4.74 Å². The molecule has 0 atom stereocenters. The molecule has 2 aromatic rings. The Morgan fingerprint density at radius 1 is 1.09 bits per heavy atom. The molecule has 0 saturated carbocycles. The van der Waals surface area contributed by atoms with E-state index < -0.39 is 5.97 Å². The number of rotatable bonds is 6. The third-order valence-electron chi connectivity index (χ3n) is 3.24. The lowest BCUT2D eigenvalue weighted by atomic mass is 10.0. The number of ketones is 1. The minimum Gasteiger partial charge on any atom is -0.504 e. The molecule has 120 valence electrons. The first kappa shape index (κ1) is 16.5. The topological polar surface area (TPSA) is 72.8 Å². The van der Waals surface area contributed by atoms with Crippen LogP contribution in [0.3, 0.4) is 0 Å². The number of phenolic OH excluding ortho intramolecular Hbond substituents is 1. The number of benzene rings is 2. The maximum Gasteiger partial charge on any atom is 0.342 e. The Morgan fingerprint density at radius 3 is 2.39 bits per heavy atom. The smallest absolute Gasteiger partial charge is 0.342 e. The zero-order chi connectivity index (χ0) is 16.8. The summed E-state index contributed by atoms with van der Waals surface area (Å²) >= 11 is 0. The molecule has 0 unspecified atom stereocenters. The maximum atomic E-state index is 12.0. The fraction of sp³-hybridized carbons (Fsp3) is 0.222. The van der Waals surface area contributed by atoms with Crippen molar-refractivity contribution in [2.75, 3.05) is 6.61 Å². The Morgan fingerprint density at radius 2 is 1.78 bits per heavy atom. The van der Waals surface area contributed by atoms with Gasteiger partial charge in [0.05, 0.1) is 6.61 Å². The van der Waals surface area contributed by atoms with E-state index in [1.54, 1.807) is 6.92 Å². The van der Waals surface area contributed by atoms with Gasteiger partial charge in [-0.05, 0) is 31.5 Å². The Balaban J connectivity index is 2.32. The van der Waals surface area contributed by atoms with Crippen LogP contribution in [0.2, 0.25) is 0 Å². The number of phenols is 1. The third kappa shape index (κ3) is 3.88. The Bertz CT molecular complexity index is 707. The van der Waals surface area contributed by atoms with E-state index in [-0.39, 0.29) is 41.6 Å². The highest BCUT2D eigenvalue weighted by Gasteiger charge is 2.23. The van der Waals surface area contributed by atoms with Crippen LogP contribution in [0.5, 0.6) is 11.5 Å². The Kier molecular flexibility index (Phi) is 5.36. The molecule has 2 rings (SSSR count). The quantitative estimate of drug-likeness (QED) is 0.654. The second kappa shape index (κ2) is 7.45. The average molecular weight is 314 g/mol. The highest BCUT2D eigenvalue weighted by Crippen LogP contribution is 2.34. The zero-order valence-electron chi connectivity index (χ0n) is 13.0. The second-order valence-electron chi connectivity index (χ2n) is 4.89. The summed E-state index contributed by atoms with van der Waals surface area (Å²) in [5, 5.41) is 10.3. The molecular weight excluding hydrogens is 296 g/mol. The van der Waals surface area contributed by atoms with E-state index in [1.165, 1.54) is 19.1 Å². The number of esters is 1. The van der Waals surface area contributed by atoms with Gasteiger partial charge in [-0.15, -0.1) is 0 Å². The van der Waals surface area contributed by atoms with Crippen LogP contribution in [0.4, 0.5) is 0 Å². The monoisotopic (exact) mass is 314 g/mol. The Labute approximate surface area is 134 Å². The standard InChI is InChI=1S/C18H18O5/c1-3-22-18(21)16-14(12(2)19)9-10-15(17(16)20)23-11-13-7-5-4-6-8-13/h4-10,20H,3,11H2,1-2H3. The largest absolute Gasteiger partial charge is 0.504 e. The summed E-state index contributed by atoms with van der Waals surface area (Å²) in [5.74, 6) is -1.34. The molecule has 5 heteroatoms. The van der Waals surface area contributed by atoms with E-state index in [0.717, 1.165) is 5.56 Å². The van der Waals surface area contributed by atoms with Gasteiger partial charge in [0.15, 0.2) is 17.3 Å². The third-order valence-corrected chi connectivity index (χ3v) is 3.24. The SMILES string of the molecule is CCOC(=O)c1c(C(C)=O)ccc(OCc2ccccc2)c1O. The van der Waals surface area contributed by atoms with E-state index >= 15 is 0 Å². The summed E-state index contributed by atoms with van der Waals surface area (Å²) in [4.78, 5) is 23.7. The van der Waals surface area contributed by atoms with Crippen LogP contribution in [0.25, 0.3) is 0 Å². The van der Waals surface area contributed by atoms with Gasteiger partial charge in [-0.1, -0.05) is 30.3 Å². The summed E-state index contributed by atoms with van der Waals surface area (Å²) < 4.78 is 10.5. The lowest BCUT2D eigenvalue weighted by Crippen LogP contribution is -2.11. The van der Waals surface area contributed by atoms with E-state index in [0.29, 0.717) is 0 Å². The van der Waals surface area contributed by atoms with Gasteiger partial charge in [0.25, 0.3) is 0 Å². The fourth-order valence-corrected chi connectivity index (χ4v) is 2.13. The first-order valence-corrected chi connectivity index (χ1v) is 7.25. The first-order chi connectivity index (χ1) is 11.0. The maximum absolute atomic E-state index is 12.0. The van der Waals surface area contributed by atoms with Gasteiger partial charge >= 0.3 is 5.97 Å². The fourth-order valence-electron chi connectivity index (χ4n) is 2.13. The normalized spacial score (nSPS) is 10.2. The van der Waals surface area contributed by atoms with Gasteiger partial charge in [0.1, 0.15) is 12.2 Å². The van der Waals surface area contributed by atoms with Crippen molar-refractivity contribution >= 4 is 11.8 Å². The van der Waals surface area contributed by atoms with Crippen molar-refractivity contribution in [1.82, 2.24) is 0 Å². The molecule has 2 aromatic carbocycles. The molecule has 0 aliphatic carbocycles. The molecule has 1 N–H and O–H groups in total. The lowest BCUT2D eigenvalue weighted by Gasteiger charge is -2.13. The predicted octanol–water partition coefficient (Wildman–Crippen LogP) is 3.35. The van der Waals surface area contributed by atoms with Crippen molar-refractivity contribution < 1.29 is 24.2 Å². The number of ether oxygens (including phenoxy) is 2. The molecular formula is C18H18O5. The van der Waals surface area contributed by atoms with Crippen molar-refractivity contribution in [2.24, 2.45) is 0 Å². The van der Waals surface area contributed by atoms with Gasteiger partial charge in [-0.25, -0.2) is 4.79 Å². The molecule has 0 fully saturated rings. The van der Waals surface area contributed by atoms with Crippen LogP contribution in [0.1, 0.15) is 40.1 Å². The highest BCUT2D eigenvalue weighted by molar-refractivity contribution is 6.07. The molecule has 5 nitrogen and oxygen atoms in total. The van der Waals surface area contributed by atoms with Crippen molar-refractivity contribution in [1.29, 1.82) is 0 Å². The number of aromatic hydroxyl groups is 1. The zero-order valence-corrected chi connectivity index (χ0v) is 13.0. The minimum absolute atomic E-state index is 0.105. The van der Waals surface area contributed by atoms with Crippen LogP contribution in [-0.4, -0.2) is 23.5 Å². The van der Waals surface area contributed by atoms with Crippen molar-refractivity contribution in [3.63, 3.8) is 0 Å². The second-order valence-corrected chi connectivity index (χ2v) is 4.89. The number of carbonyl (C=O) groups is 2. The molecule has 0 aliphatic heterocycles. The average Bonchev–Trinajstić information content (AvgIpc) is 2.54. The van der Waals surface area contributed by atoms with E-state index in [1.807, 2.05) is 30.3 Å². The van der Waals surface area contributed by atoms with E-state index in [4.69, 9.17) is 9.47 Å². The van der Waals surface area contributed by atoms with Crippen molar-refractivity contribution in [2.45, 2.75) is 20.5 Å². The summed E-state index contributed by atoms with van der Waals surface area (Å²) in [7, 11) is 0. The lowest BCUT2D eigenvalue weighted by molar-refractivity contribution is 0.0519. The summed E-state index contributed by atoms with van der Waals surface area (Å²) in [6.07, 6.45) is 0. The van der Waals surface area contributed by atoms with Crippen LogP contribution >= 0.6 is 0 Å². The first-order valence-electron chi connectivity index (χ1n) is 7.25. The van der Waals surface area contributed by atoms with Crippen molar-refractivity contribution in [3.8, 4) is 11.5 Å². The molecule has 0 amide bonds. The number of carbonyl (C=O) groups excluding carboxylic acids is 2. The van der Waals surface area contributed by atoms with Gasteiger partial charge in [-0.3, -0.25) is 4.79 Å². The molecule has 0 aromatic heterocycles. The number of hydrogen-bond acceptors (Lipinski definition) is 5. The van der Waals surface area contributed by atoms with Gasteiger partial charge in [0.2, 0.25) is 0 Å². The molecule has 0 radical (unpaired) electrons. The predicted molar refractivity (Wildman–Crippen MR) is 84.8 cm³/mol. The molecule has 0 aliphatic rings. The van der Waals surface area contributed by atoms with E-state index in [2.05, 4.69) is 0 Å². The molecule has 0 heterocycles. The minimum atomic E-state index is -0.750. The van der Waals surface area contributed by atoms with Crippen LogP contribution in [0.15, 0.2) is 42.5 Å². The summed E-state index contributed by atoms with van der Waals surface area (Å²) in [5.41, 5.74) is 0.859. The highest BCUT2D eigenvalue weighted by atomic mass is 16.5.